The lowest BCUT2D eigenvalue weighted by Gasteiger charge is -2.26. The highest BCUT2D eigenvalue weighted by Crippen LogP contribution is 2.37. The van der Waals surface area contributed by atoms with Crippen molar-refractivity contribution in [1.82, 2.24) is 0 Å². The molecule has 0 atom stereocenters. The SMILES string of the molecule is NC(=S)c1c(F)cccc1N1CCCOc2ccccc21. The zero-order valence-electron chi connectivity index (χ0n) is 11.4. The molecule has 3 nitrogen and oxygen atoms in total. The van der Waals surface area contributed by atoms with E-state index in [9.17, 15) is 4.39 Å². The van der Waals surface area contributed by atoms with E-state index in [1.807, 2.05) is 35.2 Å². The van der Waals surface area contributed by atoms with E-state index in [0.717, 1.165) is 24.4 Å². The van der Waals surface area contributed by atoms with Crippen LogP contribution in [0.3, 0.4) is 0 Å². The third-order valence-electron chi connectivity index (χ3n) is 3.47. The number of hydrogen-bond donors (Lipinski definition) is 1. The van der Waals surface area contributed by atoms with Crippen molar-refractivity contribution in [2.24, 2.45) is 5.73 Å². The molecule has 0 saturated heterocycles. The van der Waals surface area contributed by atoms with Crippen LogP contribution in [0.15, 0.2) is 42.5 Å². The number of ether oxygens (including phenoxy) is 1. The van der Waals surface area contributed by atoms with Gasteiger partial charge >= 0.3 is 0 Å². The standard InChI is InChI=1S/C16H15FN2OS/c17-11-5-3-7-13(15(11)16(18)21)19-9-4-10-20-14-8-2-1-6-12(14)19/h1-3,5-8H,4,9-10H2,(H2,18,21). The van der Waals surface area contributed by atoms with Gasteiger partial charge in [-0.05, 0) is 30.7 Å². The fourth-order valence-corrected chi connectivity index (χ4v) is 2.76. The van der Waals surface area contributed by atoms with Crippen LogP contribution >= 0.6 is 12.2 Å². The highest BCUT2D eigenvalue weighted by Gasteiger charge is 2.22. The number of nitrogens with two attached hydrogens (primary N) is 1. The molecule has 3 rings (SSSR count). The number of rotatable bonds is 2. The van der Waals surface area contributed by atoms with Gasteiger partial charge in [-0.1, -0.05) is 30.4 Å². The van der Waals surface area contributed by atoms with E-state index in [4.69, 9.17) is 22.7 Å². The predicted molar refractivity (Wildman–Crippen MR) is 85.8 cm³/mol. The molecule has 0 unspecified atom stereocenters. The summed E-state index contributed by atoms with van der Waals surface area (Å²) in [7, 11) is 0. The van der Waals surface area contributed by atoms with Gasteiger partial charge < -0.3 is 15.4 Å². The van der Waals surface area contributed by atoms with Gasteiger partial charge in [0.1, 0.15) is 16.6 Å². The lowest BCUT2D eigenvalue weighted by Crippen LogP contribution is -2.23. The fourth-order valence-electron chi connectivity index (χ4n) is 2.56. The first kappa shape index (κ1) is 13.8. The molecule has 2 aromatic carbocycles. The minimum atomic E-state index is -0.400. The molecule has 1 aliphatic rings. The molecule has 5 heteroatoms. The summed E-state index contributed by atoms with van der Waals surface area (Å²) >= 11 is 5.02. The Labute approximate surface area is 128 Å². The molecular weight excluding hydrogens is 287 g/mol. The largest absolute Gasteiger partial charge is 0.491 e. The number of anilines is 2. The third-order valence-corrected chi connectivity index (χ3v) is 3.67. The second-order valence-corrected chi connectivity index (χ2v) is 5.26. The summed E-state index contributed by atoms with van der Waals surface area (Å²) in [6, 6.07) is 12.6. The minimum Gasteiger partial charge on any atom is -0.491 e. The summed E-state index contributed by atoms with van der Waals surface area (Å²) in [5, 5.41) is 0. The molecule has 2 aromatic rings. The summed E-state index contributed by atoms with van der Waals surface area (Å²) in [6.07, 6.45) is 0.835. The Bertz CT molecular complexity index is 690. The number of benzene rings is 2. The van der Waals surface area contributed by atoms with Crippen LogP contribution in [0.25, 0.3) is 0 Å². The van der Waals surface area contributed by atoms with E-state index in [1.165, 1.54) is 6.07 Å². The Hall–Kier alpha value is -2.14. The van der Waals surface area contributed by atoms with Crippen LogP contribution in [0.2, 0.25) is 0 Å². The van der Waals surface area contributed by atoms with Crippen molar-refractivity contribution in [2.75, 3.05) is 18.1 Å². The number of para-hydroxylation sites is 2. The van der Waals surface area contributed by atoms with Gasteiger partial charge in [-0.2, -0.15) is 0 Å². The Morgan fingerprint density at radius 3 is 2.71 bits per heavy atom. The molecule has 2 N–H and O–H groups in total. The van der Waals surface area contributed by atoms with Crippen LogP contribution in [-0.2, 0) is 0 Å². The zero-order valence-corrected chi connectivity index (χ0v) is 12.2. The Balaban J connectivity index is 2.17. The number of thiocarbonyl (C=S) groups is 1. The molecule has 0 bridgehead atoms. The molecule has 108 valence electrons. The van der Waals surface area contributed by atoms with Crippen molar-refractivity contribution in [3.05, 3.63) is 53.8 Å². The van der Waals surface area contributed by atoms with Gasteiger partial charge in [0.05, 0.1) is 23.5 Å². The van der Waals surface area contributed by atoms with Crippen molar-refractivity contribution in [1.29, 1.82) is 0 Å². The zero-order chi connectivity index (χ0) is 14.8. The van der Waals surface area contributed by atoms with E-state index < -0.39 is 5.82 Å². The number of halogens is 1. The van der Waals surface area contributed by atoms with Gasteiger partial charge in [0, 0.05) is 6.54 Å². The summed E-state index contributed by atoms with van der Waals surface area (Å²) < 4.78 is 19.8. The highest BCUT2D eigenvalue weighted by atomic mass is 32.1. The van der Waals surface area contributed by atoms with E-state index >= 15 is 0 Å². The summed E-state index contributed by atoms with van der Waals surface area (Å²) in [4.78, 5) is 2.07. The monoisotopic (exact) mass is 302 g/mol. The van der Waals surface area contributed by atoms with Crippen molar-refractivity contribution in [3.63, 3.8) is 0 Å². The van der Waals surface area contributed by atoms with Gasteiger partial charge in [-0.15, -0.1) is 0 Å². The smallest absolute Gasteiger partial charge is 0.142 e. The van der Waals surface area contributed by atoms with E-state index in [2.05, 4.69) is 0 Å². The topological polar surface area (TPSA) is 38.5 Å². The molecule has 0 saturated carbocycles. The molecule has 0 aromatic heterocycles. The maximum atomic E-state index is 14.1. The highest BCUT2D eigenvalue weighted by molar-refractivity contribution is 7.80. The van der Waals surface area contributed by atoms with Crippen LogP contribution in [-0.4, -0.2) is 18.1 Å². The van der Waals surface area contributed by atoms with Crippen molar-refractivity contribution in [2.45, 2.75) is 6.42 Å². The minimum absolute atomic E-state index is 0.0609. The van der Waals surface area contributed by atoms with E-state index in [0.29, 0.717) is 12.3 Å². The average molecular weight is 302 g/mol. The average Bonchev–Trinajstić information content (AvgIpc) is 2.68. The van der Waals surface area contributed by atoms with E-state index in [-0.39, 0.29) is 10.6 Å². The number of hydrogen-bond acceptors (Lipinski definition) is 3. The molecule has 1 heterocycles. The molecule has 1 aliphatic heterocycles. The predicted octanol–water partition coefficient (Wildman–Crippen LogP) is 3.38. The Morgan fingerprint density at radius 2 is 1.90 bits per heavy atom. The van der Waals surface area contributed by atoms with Crippen LogP contribution in [0, 0.1) is 5.82 Å². The van der Waals surface area contributed by atoms with Gasteiger partial charge in [0.2, 0.25) is 0 Å². The molecule has 21 heavy (non-hydrogen) atoms. The quantitative estimate of drug-likeness (QED) is 0.863. The summed E-state index contributed by atoms with van der Waals surface area (Å²) in [5.41, 5.74) is 7.58. The summed E-state index contributed by atoms with van der Waals surface area (Å²) in [5.74, 6) is 0.385. The Morgan fingerprint density at radius 1 is 1.14 bits per heavy atom. The maximum Gasteiger partial charge on any atom is 0.142 e. The lowest BCUT2D eigenvalue weighted by atomic mass is 10.1. The van der Waals surface area contributed by atoms with Crippen LogP contribution in [0.5, 0.6) is 5.75 Å². The van der Waals surface area contributed by atoms with Gasteiger partial charge in [-0.25, -0.2) is 4.39 Å². The van der Waals surface area contributed by atoms with Crippen LogP contribution in [0.1, 0.15) is 12.0 Å². The molecular formula is C16H15FN2OS. The van der Waals surface area contributed by atoms with Gasteiger partial charge in [-0.3, -0.25) is 0 Å². The molecule has 0 fully saturated rings. The van der Waals surface area contributed by atoms with Crippen molar-refractivity contribution < 1.29 is 9.13 Å². The van der Waals surface area contributed by atoms with Crippen LogP contribution < -0.4 is 15.4 Å². The first-order valence-corrected chi connectivity index (χ1v) is 7.17. The first-order chi connectivity index (χ1) is 10.2. The molecule has 0 aliphatic carbocycles. The molecule has 0 amide bonds. The number of nitrogens with zero attached hydrogens (tertiary/aromatic N) is 1. The normalized spacial score (nSPS) is 14.0. The van der Waals surface area contributed by atoms with Crippen LogP contribution in [0.4, 0.5) is 15.8 Å². The maximum absolute atomic E-state index is 14.1. The third kappa shape index (κ3) is 2.56. The second-order valence-electron chi connectivity index (χ2n) is 4.82. The fraction of sp³-hybridized carbons (Fsp3) is 0.188. The molecule has 0 spiro atoms. The van der Waals surface area contributed by atoms with Crippen molar-refractivity contribution >= 4 is 28.6 Å². The lowest BCUT2D eigenvalue weighted by molar-refractivity contribution is 0.322. The van der Waals surface area contributed by atoms with Gasteiger partial charge in [0.15, 0.2) is 0 Å². The Kier molecular flexibility index (Phi) is 3.75. The van der Waals surface area contributed by atoms with E-state index in [1.54, 1.807) is 6.07 Å². The number of fused-ring (bicyclic) bond motifs is 1. The van der Waals surface area contributed by atoms with Gasteiger partial charge in [0.25, 0.3) is 0 Å². The van der Waals surface area contributed by atoms with Crippen molar-refractivity contribution in [3.8, 4) is 5.75 Å². The second kappa shape index (κ2) is 5.69. The first-order valence-electron chi connectivity index (χ1n) is 6.76. The summed E-state index contributed by atoms with van der Waals surface area (Å²) in [6.45, 7) is 1.35. The molecule has 0 radical (unpaired) electrons.